The van der Waals surface area contributed by atoms with Crippen molar-refractivity contribution in [1.29, 1.82) is 0 Å². The molecule has 1 aromatic heterocycles. The molecule has 1 unspecified atom stereocenters. The van der Waals surface area contributed by atoms with Crippen molar-refractivity contribution in [3.8, 4) is 0 Å². The zero-order valence-corrected chi connectivity index (χ0v) is 8.83. The molecule has 4 heteroatoms. The van der Waals surface area contributed by atoms with E-state index in [2.05, 4.69) is 9.97 Å². The summed E-state index contributed by atoms with van der Waals surface area (Å²) in [6.07, 6.45) is 3.36. The largest absolute Gasteiger partial charge is 0.468 e. The van der Waals surface area contributed by atoms with E-state index in [9.17, 15) is 4.79 Å². The fourth-order valence-electron chi connectivity index (χ4n) is 1.35. The number of nitrogens with one attached hydrogen (secondary N) is 1. The average molecular weight is 196 g/mol. The zero-order chi connectivity index (χ0) is 10.6. The number of H-pyrrole nitrogens is 1. The molecule has 0 aliphatic carbocycles. The molecule has 0 aromatic carbocycles. The summed E-state index contributed by atoms with van der Waals surface area (Å²) in [5.41, 5.74) is 1.04. The zero-order valence-electron chi connectivity index (χ0n) is 8.83. The lowest BCUT2D eigenvalue weighted by Gasteiger charge is -2.08. The Labute approximate surface area is 83.7 Å². The highest BCUT2D eigenvalue weighted by atomic mass is 16.5. The Bertz CT molecular complexity index is 307. The lowest BCUT2D eigenvalue weighted by Crippen LogP contribution is -2.14. The molecule has 0 amide bonds. The molecule has 1 atom stereocenters. The third-order valence-electron chi connectivity index (χ3n) is 2.25. The minimum Gasteiger partial charge on any atom is -0.468 e. The van der Waals surface area contributed by atoms with Crippen molar-refractivity contribution in [2.24, 2.45) is 0 Å². The number of hydrogen-bond acceptors (Lipinski definition) is 3. The van der Waals surface area contributed by atoms with Crippen molar-refractivity contribution in [3.05, 3.63) is 17.7 Å². The van der Waals surface area contributed by atoms with Gasteiger partial charge in [-0.1, -0.05) is 13.8 Å². The van der Waals surface area contributed by atoms with Crippen LogP contribution in [0.25, 0.3) is 0 Å². The fourth-order valence-corrected chi connectivity index (χ4v) is 1.35. The molecule has 0 spiro atoms. The fraction of sp³-hybridized carbons (Fsp3) is 0.600. The van der Waals surface area contributed by atoms with Gasteiger partial charge in [-0.2, -0.15) is 0 Å². The molecule has 0 saturated heterocycles. The van der Waals surface area contributed by atoms with Crippen molar-refractivity contribution >= 4 is 5.97 Å². The molecule has 4 nitrogen and oxygen atoms in total. The smallest absolute Gasteiger partial charge is 0.316 e. The Morgan fingerprint density at radius 2 is 2.36 bits per heavy atom. The Balaban J connectivity index is 2.83. The minimum absolute atomic E-state index is 0.232. The number of methoxy groups -OCH3 is 1. The van der Waals surface area contributed by atoms with Crippen molar-refractivity contribution in [2.45, 2.75) is 32.6 Å². The lowest BCUT2D eigenvalue weighted by atomic mass is 10.1. The average Bonchev–Trinajstić information content (AvgIpc) is 2.67. The van der Waals surface area contributed by atoms with E-state index in [1.165, 1.54) is 7.11 Å². The van der Waals surface area contributed by atoms with Crippen LogP contribution in [0.3, 0.4) is 0 Å². The Morgan fingerprint density at radius 1 is 1.64 bits per heavy atom. The highest BCUT2D eigenvalue weighted by molar-refractivity contribution is 5.76. The number of aryl methyl sites for hydroxylation is 1. The van der Waals surface area contributed by atoms with Gasteiger partial charge in [0.05, 0.1) is 7.11 Å². The number of carbonyl (C=O) groups excluding carboxylic acids is 1. The van der Waals surface area contributed by atoms with Crippen molar-refractivity contribution in [3.63, 3.8) is 0 Å². The molecule has 0 aliphatic rings. The van der Waals surface area contributed by atoms with Gasteiger partial charge in [-0.3, -0.25) is 4.79 Å². The predicted octanol–water partition coefficient (Wildman–Crippen LogP) is 1.64. The summed E-state index contributed by atoms with van der Waals surface area (Å²) < 4.78 is 4.70. The number of aromatic amines is 1. The molecular weight excluding hydrogens is 180 g/mol. The summed E-state index contributed by atoms with van der Waals surface area (Å²) in [5, 5.41) is 0. The van der Waals surface area contributed by atoms with Crippen molar-refractivity contribution in [1.82, 2.24) is 9.97 Å². The van der Waals surface area contributed by atoms with E-state index in [1.807, 2.05) is 13.8 Å². The first-order valence-corrected chi connectivity index (χ1v) is 4.84. The van der Waals surface area contributed by atoms with E-state index >= 15 is 0 Å². The van der Waals surface area contributed by atoms with Gasteiger partial charge in [0.25, 0.3) is 0 Å². The summed E-state index contributed by atoms with van der Waals surface area (Å²) in [7, 11) is 1.40. The monoisotopic (exact) mass is 196 g/mol. The number of nitrogens with zero attached hydrogens (tertiary/aromatic N) is 1. The minimum atomic E-state index is -0.264. The van der Waals surface area contributed by atoms with Crippen molar-refractivity contribution in [2.75, 3.05) is 7.11 Å². The maximum absolute atomic E-state index is 11.4. The van der Waals surface area contributed by atoms with Crippen LogP contribution in [0, 0.1) is 0 Å². The highest BCUT2D eigenvalue weighted by Crippen LogP contribution is 2.17. The summed E-state index contributed by atoms with van der Waals surface area (Å²) in [5.74, 6) is 0.209. The molecule has 0 radical (unpaired) electrons. The number of aromatic nitrogens is 2. The summed E-state index contributed by atoms with van der Waals surface area (Å²) >= 11 is 0. The second kappa shape index (κ2) is 4.79. The maximum Gasteiger partial charge on any atom is 0.316 e. The first-order valence-electron chi connectivity index (χ1n) is 4.84. The second-order valence-corrected chi connectivity index (χ2v) is 3.13. The number of rotatable bonds is 4. The van der Waals surface area contributed by atoms with E-state index in [4.69, 9.17) is 4.74 Å². The van der Waals surface area contributed by atoms with Crippen LogP contribution in [-0.2, 0) is 16.0 Å². The first kappa shape index (κ1) is 10.8. The van der Waals surface area contributed by atoms with E-state index in [0.717, 1.165) is 12.1 Å². The second-order valence-electron chi connectivity index (χ2n) is 3.13. The number of imidazole rings is 1. The van der Waals surface area contributed by atoms with Gasteiger partial charge in [-0.25, -0.2) is 4.98 Å². The molecule has 0 saturated carbocycles. The van der Waals surface area contributed by atoms with E-state index in [-0.39, 0.29) is 11.9 Å². The van der Waals surface area contributed by atoms with Crippen LogP contribution in [0.1, 0.15) is 37.7 Å². The molecule has 0 aliphatic heterocycles. The third-order valence-corrected chi connectivity index (χ3v) is 2.25. The highest BCUT2D eigenvalue weighted by Gasteiger charge is 2.21. The van der Waals surface area contributed by atoms with Crippen LogP contribution in [-0.4, -0.2) is 23.0 Å². The van der Waals surface area contributed by atoms with Gasteiger partial charge in [-0.15, -0.1) is 0 Å². The number of esters is 1. The van der Waals surface area contributed by atoms with Crippen LogP contribution in [0.2, 0.25) is 0 Å². The van der Waals surface area contributed by atoms with Gasteiger partial charge >= 0.3 is 5.97 Å². The topological polar surface area (TPSA) is 55.0 Å². The van der Waals surface area contributed by atoms with Crippen LogP contribution in [0.5, 0.6) is 0 Å². The third kappa shape index (κ3) is 2.13. The van der Waals surface area contributed by atoms with Gasteiger partial charge in [0, 0.05) is 11.9 Å². The van der Waals surface area contributed by atoms with E-state index in [0.29, 0.717) is 12.2 Å². The van der Waals surface area contributed by atoms with Crippen molar-refractivity contribution < 1.29 is 9.53 Å². The predicted molar refractivity (Wildman–Crippen MR) is 53.0 cm³/mol. The molecule has 1 rings (SSSR count). The van der Waals surface area contributed by atoms with Gasteiger partial charge < -0.3 is 9.72 Å². The van der Waals surface area contributed by atoms with Gasteiger partial charge in [0.15, 0.2) is 0 Å². The lowest BCUT2D eigenvalue weighted by molar-refractivity contribution is -0.142. The van der Waals surface area contributed by atoms with E-state index < -0.39 is 0 Å². The van der Waals surface area contributed by atoms with Gasteiger partial charge in [0.1, 0.15) is 11.7 Å². The summed E-state index contributed by atoms with van der Waals surface area (Å²) in [6.45, 7) is 3.98. The quantitative estimate of drug-likeness (QED) is 0.745. The number of ether oxygens (including phenoxy) is 1. The molecule has 1 aromatic rings. The molecule has 78 valence electrons. The molecule has 14 heavy (non-hydrogen) atoms. The SMILES string of the molecule is CCc1cnc(C(CC)C(=O)OC)[nH]1. The molecular formula is C10H16N2O2. The van der Waals surface area contributed by atoms with E-state index in [1.54, 1.807) is 6.20 Å². The normalized spacial score (nSPS) is 12.5. The van der Waals surface area contributed by atoms with Crippen LogP contribution in [0.4, 0.5) is 0 Å². The van der Waals surface area contributed by atoms with Gasteiger partial charge in [0.2, 0.25) is 0 Å². The first-order chi connectivity index (χ1) is 6.72. The van der Waals surface area contributed by atoms with Gasteiger partial charge in [-0.05, 0) is 12.8 Å². The van der Waals surface area contributed by atoms with Crippen LogP contribution >= 0.6 is 0 Å². The Hall–Kier alpha value is -1.32. The number of hydrogen-bond donors (Lipinski definition) is 1. The molecule has 0 fully saturated rings. The summed E-state index contributed by atoms with van der Waals surface area (Å²) in [4.78, 5) is 18.6. The molecule has 1 heterocycles. The molecule has 1 N–H and O–H groups in total. The standard InChI is InChI=1S/C10H16N2O2/c1-4-7-6-11-9(12-7)8(5-2)10(13)14-3/h6,8H,4-5H2,1-3H3,(H,11,12). The Morgan fingerprint density at radius 3 is 2.79 bits per heavy atom. The number of carbonyl (C=O) groups is 1. The maximum atomic E-state index is 11.4. The Kier molecular flexibility index (Phi) is 3.68. The molecule has 0 bridgehead atoms. The van der Waals surface area contributed by atoms with Crippen LogP contribution in [0.15, 0.2) is 6.20 Å². The van der Waals surface area contributed by atoms with Crippen LogP contribution < -0.4 is 0 Å². The summed E-state index contributed by atoms with van der Waals surface area (Å²) in [6, 6.07) is 0.